The maximum Gasteiger partial charge on any atom is 0.247 e. The third-order valence-electron chi connectivity index (χ3n) is 5.47. The Kier molecular flexibility index (Phi) is 6.52. The molecule has 0 spiro atoms. The average molecular weight is 428 g/mol. The van der Waals surface area contributed by atoms with Crippen molar-refractivity contribution in [3.8, 4) is 11.5 Å². The van der Waals surface area contributed by atoms with Crippen LogP contribution in [0.25, 0.3) is 11.5 Å². The average Bonchev–Trinajstić information content (AvgIpc) is 3.27. The number of carbonyl (C=O) groups excluding carboxylic acids is 1. The maximum atomic E-state index is 13.1. The first kappa shape index (κ1) is 21.6. The van der Waals surface area contributed by atoms with Gasteiger partial charge in [0.1, 0.15) is 6.61 Å². The van der Waals surface area contributed by atoms with E-state index in [4.69, 9.17) is 9.15 Å². The molecule has 1 unspecified atom stereocenters. The molecule has 0 N–H and O–H groups in total. The van der Waals surface area contributed by atoms with E-state index in [9.17, 15) is 4.79 Å². The molecule has 6 nitrogen and oxygen atoms in total. The number of rotatable bonds is 8. The molecule has 0 aliphatic heterocycles. The van der Waals surface area contributed by atoms with Crippen molar-refractivity contribution in [2.45, 2.75) is 32.8 Å². The molecule has 0 fully saturated rings. The van der Waals surface area contributed by atoms with Crippen molar-refractivity contribution in [3.63, 3.8) is 0 Å². The second-order valence-corrected chi connectivity index (χ2v) is 7.78. The molecule has 6 heteroatoms. The molecule has 4 aromatic rings. The fourth-order valence-corrected chi connectivity index (χ4v) is 3.82. The molecule has 0 aliphatic carbocycles. The predicted octanol–water partition coefficient (Wildman–Crippen LogP) is 5.30. The molecule has 32 heavy (non-hydrogen) atoms. The SMILES string of the molecule is COCc1nnc(-c2ccc(C(CC(=O)c3ccnc(C)c3)c3ccccc3C)cc2)o1. The summed E-state index contributed by atoms with van der Waals surface area (Å²) in [4.78, 5) is 17.3. The van der Waals surface area contributed by atoms with Gasteiger partial charge in [-0.3, -0.25) is 9.78 Å². The summed E-state index contributed by atoms with van der Waals surface area (Å²) in [5, 5.41) is 8.08. The Bertz CT molecular complexity index is 1210. The third kappa shape index (κ3) is 4.81. The van der Waals surface area contributed by atoms with E-state index in [1.54, 1.807) is 19.4 Å². The quantitative estimate of drug-likeness (QED) is 0.355. The van der Waals surface area contributed by atoms with Crippen LogP contribution in [0.5, 0.6) is 0 Å². The number of hydrogen-bond donors (Lipinski definition) is 0. The molecule has 0 radical (unpaired) electrons. The van der Waals surface area contributed by atoms with Crippen molar-refractivity contribution in [1.29, 1.82) is 0 Å². The number of ketones is 1. The Labute approximate surface area is 187 Å². The number of carbonyl (C=O) groups is 1. The van der Waals surface area contributed by atoms with E-state index in [1.165, 1.54) is 0 Å². The fraction of sp³-hybridized carbons (Fsp3) is 0.231. The molecule has 2 aromatic heterocycles. The standard InChI is InChI=1S/C26H25N3O3/c1-17-6-4-5-7-22(17)23(15-24(30)21-12-13-27-18(2)14-21)19-8-10-20(11-9-19)26-29-28-25(32-26)16-31-3/h4-14,23H,15-16H2,1-3H3. The van der Waals surface area contributed by atoms with Gasteiger partial charge in [-0.2, -0.15) is 0 Å². The first-order valence-corrected chi connectivity index (χ1v) is 10.5. The smallest absolute Gasteiger partial charge is 0.247 e. The van der Waals surface area contributed by atoms with Crippen LogP contribution in [0.2, 0.25) is 0 Å². The summed E-state index contributed by atoms with van der Waals surface area (Å²) < 4.78 is 10.7. The zero-order chi connectivity index (χ0) is 22.5. The van der Waals surface area contributed by atoms with Crippen LogP contribution in [0, 0.1) is 13.8 Å². The fourth-order valence-electron chi connectivity index (χ4n) is 3.82. The van der Waals surface area contributed by atoms with Crippen LogP contribution in [0.3, 0.4) is 0 Å². The van der Waals surface area contributed by atoms with Gasteiger partial charge in [-0.15, -0.1) is 10.2 Å². The highest BCUT2D eigenvalue weighted by Gasteiger charge is 2.21. The summed E-state index contributed by atoms with van der Waals surface area (Å²) in [6, 6.07) is 19.8. The number of aryl methyl sites for hydroxylation is 2. The van der Waals surface area contributed by atoms with E-state index in [-0.39, 0.29) is 18.3 Å². The van der Waals surface area contributed by atoms with E-state index in [0.717, 1.165) is 27.9 Å². The summed E-state index contributed by atoms with van der Waals surface area (Å²) in [6.45, 7) is 4.24. The first-order chi connectivity index (χ1) is 15.5. The van der Waals surface area contributed by atoms with Gasteiger partial charge in [-0.1, -0.05) is 36.4 Å². The number of ether oxygens (including phenoxy) is 1. The van der Waals surface area contributed by atoms with E-state index >= 15 is 0 Å². The predicted molar refractivity (Wildman–Crippen MR) is 121 cm³/mol. The zero-order valence-corrected chi connectivity index (χ0v) is 18.4. The lowest BCUT2D eigenvalue weighted by Gasteiger charge is -2.20. The molecule has 162 valence electrons. The summed E-state index contributed by atoms with van der Waals surface area (Å²) in [7, 11) is 1.58. The van der Waals surface area contributed by atoms with Crippen molar-refractivity contribution in [3.05, 3.63) is 101 Å². The number of Topliss-reactive ketones (excluding diaryl/α,β-unsaturated/α-hetero) is 1. The second-order valence-electron chi connectivity index (χ2n) is 7.78. The number of hydrogen-bond acceptors (Lipinski definition) is 6. The highest BCUT2D eigenvalue weighted by atomic mass is 16.5. The number of aromatic nitrogens is 3. The Morgan fingerprint density at radius 3 is 2.53 bits per heavy atom. The van der Waals surface area contributed by atoms with Gasteiger partial charge in [0.2, 0.25) is 11.8 Å². The minimum Gasteiger partial charge on any atom is -0.418 e. The van der Waals surface area contributed by atoms with Crippen LogP contribution >= 0.6 is 0 Å². The van der Waals surface area contributed by atoms with Gasteiger partial charge in [0.25, 0.3) is 0 Å². The van der Waals surface area contributed by atoms with Gasteiger partial charge < -0.3 is 9.15 Å². The molecule has 0 saturated heterocycles. The van der Waals surface area contributed by atoms with Crippen LogP contribution in [-0.2, 0) is 11.3 Å². The number of nitrogens with zero attached hydrogens (tertiary/aromatic N) is 3. The van der Waals surface area contributed by atoms with Gasteiger partial charge in [0, 0.05) is 42.5 Å². The first-order valence-electron chi connectivity index (χ1n) is 10.5. The molecule has 0 amide bonds. The third-order valence-corrected chi connectivity index (χ3v) is 5.47. The van der Waals surface area contributed by atoms with E-state index in [0.29, 0.717) is 23.8 Å². The van der Waals surface area contributed by atoms with E-state index < -0.39 is 0 Å². The Hall–Kier alpha value is -3.64. The van der Waals surface area contributed by atoms with Crippen LogP contribution in [-0.4, -0.2) is 28.1 Å². The molecule has 2 aromatic carbocycles. The molecular weight excluding hydrogens is 402 g/mol. The number of methoxy groups -OCH3 is 1. The Morgan fingerprint density at radius 1 is 1.03 bits per heavy atom. The van der Waals surface area contributed by atoms with Crippen LogP contribution in [0.1, 0.15) is 51.0 Å². The largest absolute Gasteiger partial charge is 0.418 e. The molecule has 4 rings (SSSR count). The molecule has 0 saturated carbocycles. The van der Waals surface area contributed by atoms with Gasteiger partial charge in [0.05, 0.1) is 0 Å². The lowest BCUT2D eigenvalue weighted by Crippen LogP contribution is -2.11. The van der Waals surface area contributed by atoms with Gasteiger partial charge in [-0.25, -0.2) is 0 Å². The van der Waals surface area contributed by atoms with Crippen LogP contribution in [0.15, 0.2) is 71.3 Å². The van der Waals surface area contributed by atoms with Gasteiger partial charge in [-0.05, 0) is 54.8 Å². The normalized spacial score (nSPS) is 12.0. The number of pyridine rings is 1. The Morgan fingerprint density at radius 2 is 1.81 bits per heavy atom. The minimum absolute atomic E-state index is 0.0713. The Balaban J connectivity index is 1.65. The molecule has 1 atom stereocenters. The summed E-state index contributed by atoms with van der Waals surface area (Å²) in [5.74, 6) is 0.897. The van der Waals surface area contributed by atoms with E-state index in [1.807, 2.05) is 49.4 Å². The monoisotopic (exact) mass is 427 g/mol. The molecule has 0 bridgehead atoms. The van der Waals surface area contributed by atoms with Gasteiger partial charge in [0.15, 0.2) is 5.78 Å². The molecular formula is C26H25N3O3. The van der Waals surface area contributed by atoms with Crippen molar-refractivity contribution in [2.75, 3.05) is 7.11 Å². The lowest BCUT2D eigenvalue weighted by atomic mass is 9.83. The van der Waals surface area contributed by atoms with Crippen molar-refractivity contribution in [1.82, 2.24) is 15.2 Å². The van der Waals surface area contributed by atoms with Gasteiger partial charge >= 0.3 is 0 Å². The summed E-state index contributed by atoms with van der Waals surface area (Å²) in [5.41, 5.74) is 5.69. The van der Waals surface area contributed by atoms with E-state index in [2.05, 4.69) is 34.2 Å². The van der Waals surface area contributed by atoms with Crippen LogP contribution < -0.4 is 0 Å². The van der Waals surface area contributed by atoms with Crippen molar-refractivity contribution < 1.29 is 13.9 Å². The topological polar surface area (TPSA) is 78.1 Å². The summed E-state index contributed by atoms with van der Waals surface area (Å²) >= 11 is 0. The highest BCUT2D eigenvalue weighted by molar-refractivity contribution is 5.96. The van der Waals surface area contributed by atoms with Crippen LogP contribution in [0.4, 0.5) is 0 Å². The highest BCUT2D eigenvalue weighted by Crippen LogP contribution is 2.33. The van der Waals surface area contributed by atoms with Crippen molar-refractivity contribution >= 4 is 5.78 Å². The zero-order valence-electron chi connectivity index (χ0n) is 18.4. The lowest BCUT2D eigenvalue weighted by molar-refractivity contribution is 0.0977. The maximum absolute atomic E-state index is 13.1. The molecule has 2 heterocycles. The minimum atomic E-state index is -0.0713. The molecule has 0 aliphatic rings. The summed E-state index contributed by atoms with van der Waals surface area (Å²) in [6.07, 6.45) is 2.05. The second kappa shape index (κ2) is 9.66. The van der Waals surface area contributed by atoms with Crippen molar-refractivity contribution in [2.24, 2.45) is 0 Å². The number of benzene rings is 2.